The summed E-state index contributed by atoms with van der Waals surface area (Å²) >= 11 is 0. The summed E-state index contributed by atoms with van der Waals surface area (Å²) < 4.78 is 15.6. The smallest absolute Gasteiger partial charge is 0.311 e. The number of ketones is 1. The van der Waals surface area contributed by atoms with Crippen molar-refractivity contribution in [3.05, 3.63) is 35.9 Å². The van der Waals surface area contributed by atoms with Crippen molar-refractivity contribution in [1.29, 1.82) is 0 Å². The van der Waals surface area contributed by atoms with E-state index in [1.165, 1.54) is 7.11 Å². The molecule has 0 aromatic heterocycles. The highest BCUT2D eigenvalue weighted by Gasteiger charge is 2.34. The van der Waals surface area contributed by atoms with E-state index in [1.807, 2.05) is 30.3 Å². The highest BCUT2D eigenvalue weighted by molar-refractivity contribution is 5.83. The van der Waals surface area contributed by atoms with Crippen LogP contribution in [0.1, 0.15) is 45.6 Å². The lowest BCUT2D eigenvalue weighted by Gasteiger charge is -2.27. The first kappa shape index (κ1) is 22.8. The number of Topliss-reactive ketones (excluding diaryl/α,β-unsaturated/α-hetero) is 1. The predicted molar refractivity (Wildman–Crippen MR) is 101 cm³/mol. The van der Waals surface area contributed by atoms with E-state index in [0.717, 1.165) is 5.56 Å². The zero-order chi connectivity index (χ0) is 20.2. The average molecular weight is 378 g/mol. The molecule has 0 saturated heterocycles. The molecule has 0 amide bonds. The summed E-state index contributed by atoms with van der Waals surface area (Å²) in [5.41, 5.74) is 0.960. The third-order valence-electron chi connectivity index (χ3n) is 4.46. The Kier molecular flexibility index (Phi) is 10.3. The Balaban J connectivity index is 2.70. The van der Waals surface area contributed by atoms with E-state index in [-0.39, 0.29) is 24.6 Å². The lowest BCUT2D eigenvalue weighted by molar-refractivity contribution is -0.154. The summed E-state index contributed by atoms with van der Waals surface area (Å²) in [5, 5.41) is 0. The lowest BCUT2D eigenvalue weighted by atomic mass is 9.88. The minimum Gasteiger partial charge on any atom is -0.469 e. The third kappa shape index (κ3) is 7.91. The van der Waals surface area contributed by atoms with E-state index >= 15 is 0 Å². The van der Waals surface area contributed by atoms with Gasteiger partial charge in [-0.25, -0.2) is 0 Å². The van der Waals surface area contributed by atoms with Crippen LogP contribution < -0.4 is 0 Å². The predicted octanol–water partition coefficient (Wildman–Crippen LogP) is 3.32. The van der Waals surface area contributed by atoms with Gasteiger partial charge in [-0.2, -0.15) is 0 Å². The molecule has 0 radical (unpaired) electrons. The number of hydrogen-bond donors (Lipinski definition) is 0. The van der Waals surface area contributed by atoms with E-state index in [4.69, 9.17) is 14.2 Å². The summed E-state index contributed by atoms with van der Waals surface area (Å²) in [7, 11) is 1.32. The molecule has 3 atom stereocenters. The van der Waals surface area contributed by atoms with Gasteiger partial charge in [0.15, 0.2) is 0 Å². The van der Waals surface area contributed by atoms with Crippen molar-refractivity contribution in [3.63, 3.8) is 0 Å². The first-order valence-electron chi connectivity index (χ1n) is 9.32. The first-order valence-corrected chi connectivity index (χ1v) is 9.32. The number of rotatable bonds is 12. The van der Waals surface area contributed by atoms with Gasteiger partial charge in [-0.1, -0.05) is 37.3 Å². The molecule has 1 aromatic rings. The molecule has 0 aliphatic heterocycles. The molecule has 6 nitrogen and oxygen atoms in total. The van der Waals surface area contributed by atoms with Crippen molar-refractivity contribution in [3.8, 4) is 0 Å². The van der Waals surface area contributed by atoms with Crippen LogP contribution in [0.25, 0.3) is 0 Å². The van der Waals surface area contributed by atoms with Crippen LogP contribution in [0.15, 0.2) is 30.3 Å². The Hall–Kier alpha value is -2.21. The van der Waals surface area contributed by atoms with Crippen LogP contribution >= 0.6 is 0 Å². The quantitative estimate of drug-likeness (QED) is 0.519. The fourth-order valence-corrected chi connectivity index (χ4v) is 2.86. The van der Waals surface area contributed by atoms with Crippen molar-refractivity contribution in [2.75, 3.05) is 13.7 Å². The van der Waals surface area contributed by atoms with Gasteiger partial charge >= 0.3 is 11.9 Å². The number of esters is 2. The Morgan fingerprint density at radius 3 is 2.26 bits per heavy atom. The normalized spacial score (nSPS) is 14.1. The molecule has 1 rings (SSSR count). The number of benzene rings is 1. The Labute approximate surface area is 161 Å². The SMILES string of the molecule is CCOC(=O)CCCC(=O)[C@@H](C)[C@@H](OCc1ccccc1)[C@@H](C)C(=O)OC. The molecule has 27 heavy (non-hydrogen) atoms. The van der Waals surface area contributed by atoms with E-state index in [2.05, 4.69) is 0 Å². The number of hydrogen-bond acceptors (Lipinski definition) is 6. The summed E-state index contributed by atoms with van der Waals surface area (Å²) in [4.78, 5) is 36.0. The Bertz CT molecular complexity index is 598. The van der Waals surface area contributed by atoms with Gasteiger partial charge in [-0.05, 0) is 25.8 Å². The zero-order valence-electron chi connectivity index (χ0n) is 16.6. The molecule has 0 aliphatic rings. The Morgan fingerprint density at radius 1 is 1.00 bits per heavy atom. The molecule has 0 aliphatic carbocycles. The van der Waals surface area contributed by atoms with Gasteiger partial charge < -0.3 is 14.2 Å². The minimum atomic E-state index is -0.604. The third-order valence-corrected chi connectivity index (χ3v) is 4.46. The van der Waals surface area contributed by atoms with Crippen molar-refractivity contribution in [2.24, 2.45) is 11.8 Å². The molecule has 0 spiro atoms. The largest absolute Gasteiger partial charge is 0.469 e. The fraction of sp³-hybridized carbons (Fsp3) is 0.571. The maximum atomic E-state index is 12.6. The van der Waals surface area contributed by atoms with Crippen molar-refractivity contribution >= 4 is 17.7 Å². The highest BCUT2D eigenvalue weighted by Crippen LogP contribution is 2.23. The first-order chi connectivity index (χ1) is 12.9. The number of carbonyl (C=O) groups is 3. The van der Waals surface area contributed by atoms with Gasteiger partial charge in [-0.3, -0.25) is 14.4 Å². The molecule has 0 fully saturated rings. The van der Waals surface area contributed by atoms with Gasteiger partial charge in [0.25, 0.3) is 0 Å². The molecular formula is C21H30O6. The summed E-state index contributed by atoms with van der Waals surface area (Å²) in [6.07, 6.45) is 0.251. The van der Waals surface area contributed by atoms with Crippen molar-refractivity contribution < 1.29 is 28.6 Å². The van der Waals surface area contributed by atoms with Crippen LogP contribution in [0.5, 0.6) is 0 Å². The van der Waals surface area contributed by atoms with Crippen LogP contribution in [-0.4, -0.2) is 37.5 Å². The van der Waals surface area contributed by atoms with Crippen LogP contribution in [0, 0.1) is 11.8 Å². The van der Waals surface area contributed by atoms with Gasteiger partial charge in [0.05, 0.1) is 32.3 Å². The summed E-state index contributed by atoms with van der Waals surface area (Å²) in [5.74, 6) is -1.85. The van der Waals surface area contributed by atoms with Crippen molar-refractivity contribution in [2.45, 2.75) is 52.7 Å². The molecule has 0 saturated carbocycles. The van der Waals surface area contributed by atoms with Gasteiger partial charge in [-0.15, -0.1) is 0 Å². The fourth-order valence-electron chi connectivity index (χ4n) is 2.86. The van der Waals surface area contributed by atoms with Gasteiger partial charge in [0.1, 0.15) is 5.78 Å². The number of methoxy groups -OCH3 is 1. The number of carbonyl (C=O) groups excluding carboxylic acids is 3. The van der Waals surface area contributed by atoms with E-state index in [9.17, 15) is 14.4 Å². The van der Waals surface area contributed by atoms with E-state index < -0.39 is 23.9 Å². The molecular weight excluding hydrogens is 348 g/mol. The second kappa shape index (κ2) is 12.2. The highest BCUT2D eigenvalue weighted by atomic mass is 16.5. The Morgan fingerprint density at radius 2 is 1.67 bits per heavy atom. The second-order valence-electron chi connectivity index (χ2n) is 6.49. The second-order valence-corrected chi connectivity index (χ2v) is 6.49. The molecule has 0 heterocycles. The molecule has 6 heteroatoms. The monoisotopic (exact) mass is 378 g/mol. The van der Waals surface area contributed by atoms with Crippen LogP contribution in [0.2, 0.25) is 0 Å². The van der Waals surface area contributed by atoms with Crippen LogP contribution in [0.4, 0.5) is 0 Å². The lowest BCUT2D eigenvalue weighted by Crippen LogP contribution is -2.38. The zero-order valence-corrected chi connectivity index (χ0v) is 16.6. The van der Waals surface area contributed by atoms with Gasteiger partial charge in [0, 0.05) is 18.8 Å². The molecule has 150 valence electrons. The maximum Gasteiger partial charge on any atom is 0.311 e. The summed E-state index contributed by atoms with van der Waals surface area (Å²) in [6, 6.07) is 9.56. The van der Waals surface area contributed by atoms with E-state index in [0.29, 0.717) is 19.6 Å². The topological polar surface area (TPSA) is 78.9 Å². The van der Waals surface area contributed by atoms with Crippen molar-refractivity contribution in [1.82, 2.24) is 0 Å². The standard InChI is InChI=1S/C21H30O6/c1-5-26-19(23)13-9-12-18(22)15(2)20(16(3)21(24)25-4)27-14-17-10-7-6-8-11-17/h6-8,10-11,15-16,20H,5,9,12-14H2,1-4H3/t15-,16-,20-/m1/s1. The van der Waals surface area contributed by atoms with Gasteiger partial charge in [0.2, 0.25) is 0 Å². The van der Waals surface area contributed by atoms with Crippen LogP contribution in [-0.2, 0) is 35.2 Å². The average Bonchev–Trinajstić information content (AvgIpc) is 2.68. The molecule has 0 N–H and O–H groups in total. The molecule has 0 unspecified atom stereocenters. The van der Waals surface area contributed by atoms with Crippen LogP contribution in [0.3, 0.4) is 0 Å². The number of ether oxygens (including phenoxy) is 3. The maximum absolute atomic E-state index is 12.6. The minimum absolute atomic E-state index is 0.0480. The molecule has 0 bridgehead atoms. The summed E-state index contributed by atoms with van der Waals surface area (Å²) in [6.45, 7) is 5.82. The van der Waals surface area contributed by atoms with E-state index in [1.54, 1.807) is 20.8 Å². The molecule has 1 aromatic carbocycles.